The number of thiazole rings is 1. The fourth-order valence-corrected chi connectivity index (χ4v) is 4.95. The number of nitrogens with zero attached hydrogens (tertiary/aromatic N) is 2. The van der Waals surface area contributed by atoms with Crippen molar-refractivity contribution in [2.45, 2.75) is 32.1 Å². The van der Waals surface area contributed by atoms with Crippen molar-refractivity contribution in [1.29, 1.82) is 0 Å². The molecule has 158 valence electrons. The maximum absolute atomic E-state index is 12.6. The molecular weight excluding hydrogens is 396 g/mol. The normalized spacial score (nSPS) is 16.2. The van der Waals surface area contributed by atoms with Crippen molar-refractivity contribution in [3.05, 3.63) is 53.5 Å². The van der Waals surface area contributed by atoms with E-state index in [2.05, 4.69) is 11.1 Å². The van der Waals surface area contributed by atoms with E-state index in [1.165, 1.54) is 4.70 Å². The molecule has 1 amide bonds. The van der Waals surface area contributed by atoms with E-state index in [1.807, 2.05) is 47.4 Å². The number of ether oxygens (including phenoxy) is 2. The summed E-state index contributed by atoms with van der Waals surface area (Å²) in [7, 11) is 1.65. The van der Waals surface area contributed by atoms with Gasteiger partial charge < -0.3 is 14.4 Å². The number of carbonyl (C=O) groups is 1. The summed E-state index contributed by atoms with van der Waals surface area (Å²) in [5, 5.41) is 1.12. The van der Waals surface area contributed by atoms with Crippen LogP contribution in [0.1, 0.15) is 30.7 Å². The molecule has 1 aliphatic heterocycles. The number of aryl methyl sites for hydroxylation is 1. The molecule has 1 unspecified atom stereocenters. The molecule has 5 nitrogen and oxygen atoms in total. The minimum atomic E-state index is 0.268. The number of rotatable bonds is 9. The summed E-state index contributed by atoms with van der Waals surface area (Å²) < 4.78 is 12.4. The number of amides is 1. The van der Waals surface area contributed by atoms with Crippen molar-refractivity contribution < 1.29 is 14.3 Å². The van der Waals surface area contributed by atoms with E-state index in [0.29, 0.717) is 18.9 Å². The van der Waals surface area contributed by atoms with Gasteiger partial charge in [0.15, 0.2) is 11.5 Å². The van der Waals surface area contributed by atoms with Crippen LogP contribution in [0.25, 0.3) is 10.2 Å². The molecule has 0 N–H and O–H groups in total. The number of fused-ring (bicyclic) bond motifs is 1. The fourth-order valence-electron chi connectivity index (χ4n) is 3.94. The van der Waals surface area contributed by atoms with Crippen LogP contribution >= 0.6 is 11.3 Å². The third-order valence-corrected chi connectivity index (χ3v) is 6.71. The van der Waals surface area contributed by atoms with E-state index in [-0.39, 0.29) is 5.91 Å². The Hall–Kier alpha value is -2.60. The van der Waals surface area contributed by atoms with Crippen molar-refractivity contribution in [1.82, 2.24) is 9.88 Å². The molecule has 2 aromatic carbocycles. The zero-order chi connectivity index (χ0) is 20.8. The van der Waals surface area contributed by atoms with Crippen molar-refractivity contribution in [2.75, 3.05) is 26.8 Å². The molecule has 1 aliphatic rings. The second kappa shape index (κ2) is 9.94. The lowest BCUT2D eigenvalue weighted by Crippen LogP contribution is -2.28. The molecule has 2 heterocycles. The third kappa shape index (κ3) is 5.11. The van der Waals surface area contributed by atoms with Gasteiger partial charge in [0.1, 0.15) is 0 Å². The molecule has 6 heteroatoms. The fraction of sp³-hybridized carbons (Fsp3) is 0.417. The van der Waals surface area contributed by atoms with Crippen LogP contribution in [0.15, 0.2) is 48.5 Å². The number of aromatic nitrogens is 1. The Labute approximate surface area is 181 Å². The zero-order valence-electron chi connectivity index (χ0n) is 17.4. The molecule has 1 aromatic heterocycles. The van der Waals surface area contributed by atoms with Gasteiger partial charge >= 0.3 is 0 Å². The number of carbonyl (C=O) groups excluding carboxylic acids is 1. The topological polar surface area (TPSA) is 51.7 Å². The molecule has 0 spiro atoms. The van der Waals surface area contributed by atoms with Gasteiger partial charge in [-0.25, -0.2) is 4.98 Å². The summed E-state index contributed by atoms with van der Waals surface area (Å²) in [6, 6.07) is 15.9. The average Bonchev–Trinajstić information content (AvgIpc) is 3.41. The van der Waals surface area contributed by atoms with E-state index in [0.717, 1.165) is 60.8 Å². The molecule has 0 aliphatic carbocycles. The Bertz CT molecular complexity index is 954. The van der Waals surface area contributed by atoms with E-state index in [4.69, 9.17) is 9.47 Å². The summed E-state index contributed by atoms with van der Waals surface area (Å²) in [6.45, 7) is 2.35. The van der Waals surface area contributed by atoms with E-state index >= 15 is 0 Å². The Morgan fingerprint density at radius 1 is 1.17 bits per heavy atom. The monoisotopic (exact) mass is 424 g/mol. The van der Waals surface area contributed by atoms with Gasteiger partial charge in [0.25, 0.3) is 0 Å². The molecule has 30 heavy (non-hydrogen) atoms. The first-order valence-corrected chi connectivity index (χ1v) is 11.4. The minimum Gasteiger partial charge on any atom is -0.493 e. The van der Waals surface area contributed by atoms with Gasteiger partial charge in [0.2, 0.25) is 5.91 Å². The predicted octanol–water partition coefficient (Wildman–Crippen LogP) is 4.95. The largest absolute Gasteiger partial charge is 0.493 e. The predicted molar refractivity (Wildman–Crippen MR) is 120 cm³/mol. The van der Waals surface area contributed by atoms with Gasteiger partial charge in [-0.3, -0.25) is 4.79 Å². The van der Waals surface area contributed by atoms with Crippen LogP contribution in [0.2, 0.25) is 0 Å². The first kappa shape index (κ1) is 20.7. The van der Waals surface area contributed by atoms with Crippen molar-refractivity contribution in [3.8, 4) is 11.5 Å². The minimum absolute atomic E-state index is 0.268. The second-order valence-corrected chi connectivity index (χ2v) is 8.83. The molecule has 4 rings (SSSR count). The van der Waals surface area contributed by atoms with Gasteiger partial charge in [-0.15, -0.1) is 11.3 Å². The molecular formula is C24H28N2O3S. The number of benzene rings is 2. The highest BCUT2D eigenvalue weighted by molar-refractivity contribution is 7.18. The quantitative estimate of drug-likeness (QED) is 0.488. The molecule has 1 saturated heterocycles. The molecule has 0 radical (unpaired) electrons. The third-order valence-electron chi connectivity index (χ3n) is 5.61. The van der Waals surface area contributed by atoms with Gasteiger partial charge in [0, 0.05) is 19.5 Å². The number of likely N-dealkylation sites (tertiary alicyclic amines) is 1. The smallest absolute Gasteiger partial charge is 0.222 e. The van der Waals surface area contributed by atoms with Crippen molar-refractivity contribution in [2.24, 2.45) is 5.92 Å². The van der Waals surface area contributed by atoms with Crippen LogP contribution in [0.4, 0.5) is 0 Å². The SMILES string of the molecule is COc1ccccc1OCCC1CCN(C(=O)CCCc2nc3ccccc3s2)C1. The summed E-state index contributed by atoms with van der Waals surface area (Å²) in [5.74, 6) is 2.31. The lowest BCUT2D eigenvalue weighted by molar-refractivity contribution is -0.130. The molecule has 1 fully saturated rings. The van der Waals surface area contributed by atoms with Crippen molar-refractivity contribution in [3.63, 3.8) is 0 Å². The molecule has 1 atom stereocenters. The first-order chi connectivity index (χ1) is 14.7. The Kier molecular flexibility index (Phi) is 6.84. The average molecular weight is 425 g/mol. The van der Waals surface area contributed by atoms with Crippen LogP contribution in [-0.2, 0) is 11.2 Å². The standard InChI is InChI=1S/C24H28N2O3S/c1-28-20-8-3-4-9-21(20)29-16-14-18-13-15-26(17-18)24(27)12-6-11-23-25-19-7-2-5-10-22(19)30-23/h2-5,7-10,18H,6,11-17H2,1H3. The summed E-state index contributed by atoms with van der Waals surface area (Å²) in [5.41, 5.74) is 1.06. The van der Waals surface area contributed by atoms with Gasteiger partial charge in [0.05, 0.1) is 28.9 Å². The lowest BCUT2D eigenvalue weighted by Gasteiger charge is -2.17. The Morgan fingerprint density at radius 3 is 2.80 bits per heavy atom. The van der Waals surface area contributed by atoms with Crippen LogP contribution in [0, 0.1) is 5.92 Å². The summed E-state index contributed by atoms with van der Waals surface area (Å²) in [6.07, 6.45) is 4.33. The highest BCUT2D eigenvalue weighted by atomic mass is 32.1. The van der Waals surface area contributed by atoms with E-state index in [1.54, 1.807) is 18.4 Å². The van der Waals surface area contributed by atoms with Crippen LogP contribution in [0.5, 0.6) is 11.5 Å². The Balaban J connectivity index is 1.17. The highest BCUT2D eigenvalue weighted by Gasteiger charge is 2.25. The number of hydrogen-bond donors (Lipinski definition) is 0. The lowest BCUT2D eigenvalue weighted by atomic mass is 10.1. The number of para-hydroxylation sites is 3. The maximum Gasteiger partial charge on any atom is 0.222 e. The van der Waals surface area contributed by atoms with Gasteiger partial charge in [-0.1, -0.05) is 24.3 Å². The number of hydrogen-bond acceptors (Lipinski definition) is 5. The highest BCUT2D eigenvalue weighted by Crippen LogP contribution is 2.27. The number of methoxy groups -OCH3 is 1. The molecule has 3 aromatic rings. The van der Waals surface area contributed by atoms with E-state index < -0.39 is 0 Å². The second-order valence-electron chi connectivity index (χ2n) is 7.71. The first-order valence-electron chi connectivity index (χ1n) is 10.6. The van der Waals surface area contributed by atoms with Gasteiger partial charge in [-0.2, -0.15) is 0 Å². The van der Waals surface area contributed by atoms with Crippen LogP contribution in [0.3, 0.4) is 0 Å². The molecule has 0 bridgehead atoms. The van der Waals surface area contributed by atoms with Crippen LogP contribution in [-0.4, -0.2) is 42.6 Å². The maximum atomic E-state index is 12.6. The van der Waals surface area contributed by atoms with Gasteiger partial charge in [-0.05, 0) is 55.9 Å². The Morgan fingerprint density at radius 2 is 1.97 bits per heavy atom. The summed E-state index contributed by atoms with van der Waals surface area (Å²) in [4.78, 5) is 19.3. The molecule has 0 saturated carbocycles. The van der Waals surface area contributed by atoms with Crippen LogP contribution < -0.4 is 9.47 Å². The van der Waals surface area contributed by atoms with Crippen molar-refractivity contribution >= 4 is 27.5 Å². The summed E-state index contributed by atoms with van der Waals surface area (Å²) >= 11 is 1.73. The van der Waals surface area contributed by atoms with E-state index in [9.17, 15) is 4.79 Å². The zero-order valence-corrected chi connectivity index (χ0v) is 18.2.